The molecule has 2 unspecified atom stereocenters. The summed E-state index contributed by atoms with van der Waals surface area (Å²) >= 11 is 0. The van der Waals surface area contributed by atoms with Crippen LogP contribution in [-0.4, -0.2) is 22.8 Å². The summed E-state index contributed by atoms with van der Waals surface area (Å²) in [5, 5.41) is 8.32. The van der Waals surface area contributed by atoms with Gasteiger partial charge in [0.1, 0.15) is 0 Å². The van der Waals surface area contributed by atoms with Crippen molar-refractivity contribution in [1.29, 1.82) is 0 Å². The average Bonchev–Trinajstić information content (AvgIpc) is 3.10. The van der Waals surface area contributed by atoms with Crippen LogP contribution < -0.4 is 0 Å². The maximum absolute atomic E-state index is 5.59. The zero-order valence-corrected chi connectivity index (χ0v) is 19.8. The summed E-state index contributed by atoms with van der Waals surface area (Å²) in [4.78, 5) is 0. The smallest absolute Gasteiger partial charge is 0.0554 e. The molecule has 2 atom stereocenters. The fourth-order valence-corrected chi connectivity index (χ4v) is 6.42. The lowest BCUT2D eigenvalue weighted by molar-refractivity contribution is 0.111. The molecule has 3 rings (SSSR count). The van der Waals surface area contributed by atoms with Crippen molar-refractivity contribution in [2.75, 3.05) is 0 Å². The average molecular weight is 403 g/mol. The minimum atomic E-state index is 0.706. The van der Waals surface area contributed by atoms with Crippen LogP contribution in [0.1, 0.15) is 142 Å². The van der Waals surface area contributed by atoms with Crippen molar-refractivity contribution in [3.63, 3.8) is 0 Å². The SMILES string of the molecule is CCCCC1C(C2CCCCCCC2)=NN(C2CCCCCCCC2)C1CCC. The Morgan fingerprint density at radius 1 is 0.690 bits per heavy atom. The van der Waals surface area contributed by atoms with E-state index in [0.717, 1.165) is 17.9 Å². The second-order valence-corrected chi connectivity index (χ2v) is 10.4. The van der Waals surface area contributed by atoms with E-state index in [4.69, 9.17) is 5.10 Å². The van der Waals surface area contributed by atoms with Crippen molar-refractivity contribution in [1.82, 2.24) is 5.01 Å². The minimum absolute atomic E-state index is 0.706. The highest BCUT2D eigenvalue weighted by molar-refractivity contribution is 5.90. The van der Waals surface area contributed by atoms with Gasteiger partial charge in [-0.15, -0.1) is 0 Å². The Morgan fingerprint density at radius 2 is 1.24 bits per heavy atom. The maximum Gasteiger partial charge on any atom is 0.0554 e. The number of unbranched alkanes of at least 4 members (excludes halogenated alkanes) is 1. The summed E-state index contributed by atoms with van der Waals surface area (Å²) in [5.74, 6) is 1.55. The van der Waals surface area contributed by atoms with Gasteiger partial charge in [0.25, 0.3) is 0 Å². The van der Waals surface area contributed by atoms with Gasteiger partial charge in [0, 0.05) is 17.7 Å². The molecule has 0 amide bonds. The molecule has 0 bridgehead atoms. The summed E-state index contributed by atoms with van der Waals surface area (Å²) < 4.78 is 0. The Balaban J connectivity index is 1.81. The molecular formula is C27H50N2. The molecule has 0 aromatic carbocycles. The highest BCUT2D eigenvalue weighted by Gasteiger charge is 2.41. The number of hydrogen-bond donors (Lipinski definition) is 0. The maximum atomic E-state index is 5.59. The van der Waals surface area contributed by atoms with E-state index in [0.29, 0.717) is 6.04 Å². The lowest BCUT2D eigenvalue weighted by Gasteiger charge is -2.35. The van der Waals surface area contributed by atoms with Crippen molar-refractivity contribution < 1.29 is 0 Å². The zero-order valence-electron chi connectivity index (χ0n) is 19.8. The molecule has 2 fully saturated rings. The van der Waals surface area contributed by atoms with E-state index in [-0.39, 0.29) is 0 Å². The molecule has 0 saturated heterocycles. The molecule has 0 N–H and O–H groups in total. The fraction of sp³-hybridized carbons (Fsp3) is 0.963. The standard InChI is InChI=1S/C27H50N2/c1-3-5-22-25-26(17-4-2)29(24-20-15-11-6-7-12-16-21-24)28-27(25)23-18-13-9-8-10-14-19-23/h23-26H,3-22H2,1-2H3. The quantitative estimate of drug-likeness (QED) is 0.416. The topological polar surface area (TPSA) is 15.6 Å². The van der Waals surface area contributed by atoms with Crippen LogP contribution in [-0.2, 0) is 0 Å². The number of hydrazone groups is 1. The van der Waals surface area contributed by atoms with Crippen LogP contribution in [0.5, 0.6) is 0 Å². The van der Waals surface area contributed by atoms with Crippen molar-refractivity contribution in [3.8, 4) is 0 Å². The third kappa shape index (κ3) is 6.73. The van der Waals surface area contributed by atoms with E-state index in [1.165, 1.54) is 128 Å². The van der Waals surface area contributed by atoms with Crippen molar-refractivity contribution in [2.45, 2.75) is 154 Å². The highest BCUT2D eigenvalue weighted by Crippen LogP contribution is 2.39. The van der Waals surface area contributed by atoms with E-state index >= 15 is 0 Å². The zero-order chi connectivity index (χ0) is 20.3. The number of nitrogens with zero attached hydrogens (tertiary/aromatic N) is 2. The van der Waals surface area contributed by atoms with Crippen LogP contribution in [0.3, 0.4) is 0 Å². The first-order chi connectivity index (χ1) is 14.3. The molecule has 2 aliphatic carbocycles. The Labute approximate surface area is 182 Å². The molecule has 0 aromatic heterocycles. The first-order valence-electron chi connectivity index (χ1n) is 13.7. The van der Waals surface area contributed by atoms with Gasteiger partial charge >= 0.3 is 0 Å². The highest BCUT2D eigenvalue weighted by atomic mass is 15.5. The van der Waals surface area contributed by atoms with Crippen molar-refractivity contribution in [3.05, 3.63) is 0 Å². The van der Waals surface area contributed by atoms with Gasteiger partial charge in [-0.3, -0.25) is 5.01 Å². The monoisotopic (exact) mass is 402 g/mol. The second kappa shape index (κ2) is 13.0. The lowest BCUT2D eigenvalue weighted by atomic mass is 9.78. The third-order valence-electron chi connectivity index (χ3n) is 8.09. The van der Waals surface area contributed by atoms with Gasteiger partial charge < -0.3 is 0 Å². The third-order valence-corrected chi connectivity index (χ3v) is 8.09. The molecule has 0 aromatic rings. The normalized spacial score (nSPS) is 28.9. The van der Waals surface area contributed by atoms with Gasteiger partial charge in [-0.1, -0.05) is 104 Å². The van der Waals surface area contributed by atoms with E-state index in [2.05, 4.69) is 18.9 Å². The van der Waals surface area contributed by atoms with E-state index in [9.17, 15) is 0 Å². The summed E-state index contributed by atoms with van der Waals surface area (Å²) in [5.41, 5.74) is 1.67. The molecule has 0 spiro atoms. The molecule has 2 nitrogen and oxygen atoms in total. The van der Waals surface area contributed by atoms with Crippen LogP contribution in [0.2, 0.25) is 0 Å². The summed E-state index contributed by atoms with van der Waals surface area (Å²) in [6.07, 6.45) is 28.3. The molecule has 0 radical (unpaired) electrons. The predicted molar refractivity (Wildman–Crippen MR) is 128 cm³/mol. The molecule has 2 heteroatoms. The predicted octanol–water partition coefficient (Wildman–Crippen LogP) is 8.50. The number of rotatable bonds is 7. The second-order valence-electron chi connectivity index (χ2n) is 10.4. The molecule has 29 heavy (non-hydrogen) atoms. The Hall–Kier alpha value is -0.530. The van der Waals surface area contributed by atoms with Gasteiger partial charge in [-0.2, -0.15) is 5.10 Å². The lowest BCUT2D eigenvalue weighted by Crippen LogP contribution is -2.40. The Kier molecular flexibility index (Phi) is 10.4. The summed E-state index contributed by atoms with van der Waals surface area (Å²) in [7, 11) is 0. The van der Waals surface area contributed by atoms with E-state index < -0.39 is 0 Å². The molecule has 1 aliphatic heterocycles. The van der Waals surface area contributed by atoms with Crippen LogP contribution >= 0.6 is 0 Å². The molecule has 168 valence electrons. The van der Waals surface area contributed by atoms with Gasteiger partial charge in [0.2, 0.25) is 0 Å². The molecule has 1 heterocycles. The Morgan fingerprint density at radius 3 is 1.79 bits per heavy atom. The summed E-state index contributed by atoms with van der Waals surface area (Å²) in [6, 6.07) is 1.43. The minimum Gasteiger partial charge on any atom is -0.290 e. The molecule has 3 aliphatic rings. The first-order valence-corrected chi connectivity index (χ1v) is 13.7. The summed E-state index contributed by atoms with van der Waals surface area (Å²) in [6.45, 7) is 4.76. The fourth-order valence-electron chi connectivity index (χ4n) is 6.42. The van der Waals surface area contributed by atoms with Crippen molar-refractivity contribution in [2.24, 2.45) is 16.9 Å². The van der Waals surface area contributed by atoms with Gasteiger partial charge in [0.05, 0.1) is 6.04 Å². The van der Waals surface area contributed by atoms with Gasteiger partial charge in [-0.05, 0) is 44.4 Å². The molecular weight excluding hydrogens is 352 g/mol. The van der Waals surface area contributed by atoms with Crippen LogP contribution in [0, 0.1) is 11.8 Å². The van der Waals surface area contributed by atoms with Crippen LogP contribution in [0.4, 0.5) is 0 Å². The van der Waals surface area contributed by atoms with Gasteiger partial charge in [-0.25, -0.2) is 0 Å². The Bertz CT molecular complexity index is 453. The van der Waals surface area contributed by atoms with Crippen molar-refractivity contribution >= 4 is 5.71 Å². The van der Waals surface area contributed by atoms with E-state index in [1.54, 1.807) is 5.71 Å². The van der Waals surface area contributed by atoms with Crippen LogP contribution in [0.25, 0.3) is 0 Å². The largest absolute Gasteiger partial charge is 0.290 e. The first kappa shape index (κ1) is 23.1. The molecule has 2 saturated carbocycles. The van der Waals surface area contributed by atoms with Crippen LogP contribution in [0.15, 0.2) is 5.10 Å². The van der Waals surface area contributed by atoms with Gasteiger partial charge in [0.15, 0.2) is 0 Å². The van der Waals surface area contributed by atoms with E-state index in [1.807, 2.05) is 0 Å². The number of hydrogen-bond acceptors (Lipinski definition) is 2.